The number of nitrogens with zero attached hydrogens (tertiary/aromatic N) is 4. The van der Waals surface area contributed by atoms with Crippen molar-refractivity contribution in [3.63, 3.8) is 0 Å². The smallest absolute Gasteiger partial charge is 0.225 e. The van der Waals surface area contributed by atoms with E-state index in [9.17, 15) is 9.59 Å². The third-order valence-electron chi connectivity index (χ3n) is 5.85. The largest absolute Gasteiger partial charge is 0.368 e. The van der Waals surface area contributed by atoms with Gasteiger partial charge in [-0.05, 0) is 29.7 Å². The molecule has 3 heterocycles. The summed E-state index contributed by atoms with van der Waals surface area (Å²) in [7, 11) is 0. The van der Waals surface area contributed by atoms with Gasteiger partial charge in [0.05, 0.1) is 12.5 Å². The molecule has 1 atom stereocenters. The number of piperazine rings is 1. The lowest BCUT2D eigenvalue weighted by atomic mass is 9.90. The average molecular weight is 378 g/mol. The summed E-state index contributed by atoms with van der Waals surface area (Å²) in [6.45, 7) is 5.31. The maximum Gasteiger partial charge on any atom is 0.225 e. The first kappa shape index (κ1) is 18.5. The van der Waals surface area contributed by atoms with E-state index in [1.807, 2.05) is 34.1 Å². The van der Waals surface area contributed by atoms with Crippen LogP contribution in [0.15, 0.2) is 48.8 Å². The Bertz CT molecular complexity index is 847. The van der Waals surface area contributed by atoms with Crippen molar-refractivity contribution in [2.45, 2.75) is 25.8 Å². The molecule has 0 radical (unpaired) electrons. The summed E-state index contributed by atoms with van der Waals surface area (Å²) in [6, 6.07) is 12.0. The predicted octanol–water partition coefficient (Wildman–Crippen LogP) is 2.27. The van der Waals surface area contributed by atoms with E-state index in [1.165, 1.54) is 5.56 Å². The fourth-order valence-electron chi connectivity index (χ4n) is 4.31. The molecule has 1 saturated heterocycles. The van der Waals surface area contributed by atoms with Gasteiger partial charge in [-0.1, -0.05) is 24.3 Å². The van der Waals surface area contributed by atoms with E-state index in [0.717, 1.165) is 30.8 Å². The van der Waals surface area contributed by atoms with Gasteiger partial charge in [0.25, 0.3) is 0 Å². The Morgan fingerprint density at radius 2 is 1.71 bits per heavy atom. The van der Waals surface area contributed by atoms with Crippen LogP contribution in [-0.2, 0) is 16.0 Å². The standard InChI is InChI=1S/C22H26N4O2/c1-17(27)26-11-8-18-4-2-3-5-20(18)21(26)16-22(28)25-14-12-24(13-15-25)19-6-9-23-10-7-19/h2-7,9-10,21H,8,11-16H2,1H3. The first-order valence-electron chi connectivity index (χ1n) is 9.91. The second kappa shape index (κ2) is 8.00. The molecule has 1 unspecified atom stereocenters. The van der Waals surface area contributed by atoms with E-state index in [-0.39, 0.29) is 17.9 Å². The number of amides is 2. The van der Waals surface area contributed by atoms with E-state index in [2.05, 4.69) is 22.0 Å². The highest BCUT2D eigenvalue weighted by molar-refractivity contribution is 5.80. The SMILES string of the molecule is CC(=O)N1CCc2ccccc2C1CC(=O)N1CCN(c2ccncc2)CC1. The summed E-state index contributed by atoms with van der Waals surface area (Å²) < 4.78 is 0. The first-order valence-corrected chi connectivity index (χ1v) is 9.91. The third kappa shape index (κ3) is 3.72. The molecule has 1 aromatic heterocycles. The molecule has 0 saturated carbocycles. The van der Waals surface area contributed by atoms with Crippen LogP contribution in [0, 0.1) is 0 Å². The van der Waals surface area contributed by atoms with Gasteiger partial charge in [-0.25, -0.2) is 0 Å². The van der Waals surface area contributed by atoms with Crippen LogP contribution in [-0.4, -0.2) is 59.3 Å². The van der Waals surface area contributed by atoms with Gasteiger partial charge < -0.3 is 14.7 Å². The van der Waals surface area contributed by atoms with Crippen LogP contribution >= 0.6 is 0 Å². The molecule has 2 aliphatic heterocycles. The molecule has 0 aliphatic carbocycles. The lowest BCUT2D eigenvalue weighted by Gasteiger charge is -2.39. The number of carbonyl (C=O) groups is 2. The number of hydrogen-bond donors (Lipinski definition) is 0. The number of aromatic nitrogens is 1. The highest BCUT2D eigenvalue weighted by atomic mass is 16.2. The van der Waals surface area contributed by atoms with Crippen LogP contribution in [0.5, 0.6) is 0 Å². The number of fused-ring (bicyclic) bond motifs is 1. The second-order valence-electron chi connectivity index (χ2n) is 7.45. The Hall–Kier alpha value is -2.89. The highest BCUT2D eigenvalue weighted by Gasteiger charge is 2.32. The molecule has 1 aromatic carbocycles. The summed E-state index contributed by atoms with van der Waals surface area (Å²) in [5.74, 6) is 0.164. The van der Waals surface area contributed by atoms with Gasteiger partial charge in [-0.3, -0.25) is 14.6 Å². The monoisotopic (exact) mass is 378 g/mol. The topological polar surface area (TPSA) is 56.8 Å². The lowest BCUT2D eigenvalue weighted by Crippen LogP contribution is -2.50. The zero-order chi connectivity index (χ0) is 19.5. The minimum absolute atomic E-state index is 0.0369. The molecule has 4 rings (SSSR count). The fraction of sp³-hybridized carbons (Fsp3) is 0.409. The maximum atomic E-state index is 13.0. The van der Waals surface area contributed by atoms with Crippen molar-refractivity contribution >= 4 is 17.5 Å². The Balaban J connectivity index is 1.43. The van der Waals surface area contributed by atoms with Gasteiger partial charge in [0.15, 0.2) is 0 Å². The van der Waals surface area contributed by atoms with Gasteiger partial charge in [-0.15, -0.1) is 0 Å². The van der Waals surface area contributed by atoms with Crippen LogP contribution < -0.4 is 4.90 Å². The minimum atomic E-state index is -0.159. The summed E-state index contributed by atoms with van der Waals surface area (Å²) in [6.07, 6.45) is 4.80. The number of rotatable bonds is 3. The van der Waals surface area contributed by atoms with E-state index >= 15 is 0 Å². The molecule has 1 fully saturated rings. The zero-order valence-corrected chi connectivity index (χ0v) is 16.3. The van der Waals surface area contributed by atoms with Crippen molar-refractivity contribution in [2.24, 2.45) is 0 Å². The Morgan fingerprint density at radius 3 is 2.43 bits per heavy atom. The van der Waals surface area contributed by atoms with Gasteiger partial charge >= 0.3 is 0 Å². The van der Waals surface area contributed by atoms with Gasteiger partial charge in [-0.2, -0.15) is 0 Å². The van der Waals surface area contributed by atoms with Gasteiger partial charge in [0.1, 0.15) is 0 Å². The van der Waals surface area contributed by atoms with E-state index < -0.39 is 0 Å². The minimum Gasteiger partial charge on any atom is -0.368 e. The molecule has 2 aromatic rings. The molecule has 28 heavy (non-hydrogen) atoms. The van der Waals surface area contributed by atoms with Crippen molar-refractivity contribution in [1.29, 1.82) is 0 Å². The second-order valence-corrected chi connectivity index (χ2v) is 7.45. The first-order chi connectivity index (χ1) is 13.6. The molecule has 6 nitrogen and oxygen atoms in total. The van der Waals surface area contributed by atoms with Crippen LogP contribution in [0.4, 0.5) is 5.69 Å². The number of carbonyl (C=O) groups excluding carboxylic acids is 2. The van der Waals surface area contributed by atoms with Crippen molar-refractivity contribution in [1.82, 2.24) is 14.8 Å². The van der Waals surface area contributed by atoms with E-state index in [4.69, 9.17) is 0 Å². The Kier molecular flexibility index (Phi) is 5.28. The van der Waals surface area contributed by atoms with Crippen LogP contribution in [0.2, 0.25) is 0 Å². The molecule has 6 heteroatoms. The molecule has 0 spiro atoms. The van der Waals surface area contributed by atoms with E-state index in [0.29, 0.717) is 26.1 Å². The summed E-state index contributed by atoms with van der Waals surface area (Å²) >= 11 is 0. The Morgan fingerprint density at radius 1 is 1.00 bits per heavy atom. The van der Waals surface area contributed by atoms with Crippen LogP contribution in [0.25, 0.3) is 0 Å². The molecule has 0 bridgehead atoms. The quantitative estimate of drug-likeness (QED) is 0.822. The number of benzene rings is 1. The number of anilines is 1. The maximum absolute atomic E-state index is 13.0. The van der Waals surface area contributed by atoms with Crippen molar-refractivity contribution in [2.75, 3.05) is 37.6 Å². The summed E-state index contributed by atoms with van der Waals surface area (Å²) in [5, 5.41) is 0. The summed E-state index contributed by atoms with van der Waals surface area (Å²) in [5.41, 5.74) is 3.51. The Labute approximate surface area is 165 Å². The summed E-state index contributed by atoms with van der Waals surface area (Å²) in [4.78, 5) is 35.4. The molecular formula is C22H26N4O2. The molecule has 0 N–H and O–H groups in total. The van der Waals surface area contributed by atoms with Crippen LogP contribution in [0.1, 0.15) is 30.5 Å². The molecular weight excluding hydrogens is 352 g/mol. The van der Waals surface area contributed by atoms with Gasteiger partial charge in [0, 0.05) is 57.7 Å². The number of pyridine rings is 1. The van der Waals surface area contributed by atoms with Crippen molar-refractivity contribution < 1.29 is 9.59 Å². The number of hydrogen-bond acceptors (Lipinski definition) is 4. The normalized spacial score (nSPS) is 19.3. The molecule has 2 amide bonds. The third-order valence-corrected chi connectivity index (χ3v) is 5.85. The molecule has 146 valence electrons. The van der Waals surface area contributed by atoms with Gasteiger partial charge in [0.2, 0.25) is 11.8 Å². The molecule has 2 aliphatic rings. The lowest BCUT2D eigenvalue weighted by molar-refractivity contribution is -0.136. The highest BCUT2D eigenvalue weighted by Crippen LogP contribution is 2.33. The average Bonchev–Trinajstić information content (AvgIpc) is 2.74. The van der Waals surface area contributed by atoms with Crippen molar-refractivity contribution in [3.05, 3.63) is 59.9 Å². The fourth-order valence-corrected chi connectivity index (χ4v) is 4.31. The predicted molar refractivity (Wildman–Crippen MR) is 108 cm³/mol. The zero-order valence-electron chi connectivity index (χ0n) is 16.3. The van der Waals surface area contributed by atoms with Crippen molar-refractivity contribution in [3.8, 4) is 0 Å². The van der Waals surface area contributed by atoms with Crippen LogP contribution in [0.3, 0.4) is 0 Å². The van der Waals surface area contributed by atoms with E-state index in [1.54, 1.807) is 19.3 Å².